The molecule has 0 radical (unpaired) electrons. The highest BCUT2D eigenvalue weighted by atomic mass is 32.1. The third-order valence-electron chi connectivity index (χ3n) is 26.1. The minimum Gasteiger partial charge on any atom is -0.456 e. The molecule has 0 unspecified atom stereocenters. The predicted octanol–water partition coefficient (Wildman–Crippen LogP) is 32.0. The largest absolute Gasteiger partial charge is 0.456 e. The highest BCUT2D eigenvalue weighted by Crippen LogP contribution is 2.50. The van der Waals surface area contributed by atoms with E-state index in [1.807, 2.05) is 231 Å². The average Bonchev–Trinajstić information content (AvgIpc) is 0.980. The Kier molecular flexibility index (Phi) is 19.0. The summed E-state index contributed by atoms with van der Waals surface area (Å²) in [5, 5.41) is 13.1. The number of aromatic nitrogens is 15. The van der Waals surface area contributed by atoms with E-state index in [1.165, 1.54) is 14.1 Å². The number of furan rings is 3. The molecule has 0 amide bonds. The molecule has 18 aromatic carbocycles. The normalized spacial score (nSPS) is 11.8. The molecule has 0 spiro atoms. The van der Waals surface area contributed by atoms with Gasteiger partial charge in [0.05, 0.1) is 38.7 Å². The van der Waals surface area contributed by atoms with E-state index in [9.17, 15) is 0 Å². The van der Waals surface area contributed by atoms with Crippen molar-refractivity contribution in [1.29, 1.82) is 0 Å². The van der Waals surface area contributed by atoms with Crippen molar-refractivity contribution in [3.8, 4) is 137 Å². The zero-order valence-electron chi connectivity index (χ0n) is 74.4. The van der Waals surface area contributed by atoms with Gasteiger partial charge in [0.25, 0.3) is 0 Å². The van der Waals surface area contributed by atoms with Gasteiger partial charge in [0.1, 0.15) is 51.0 Å². The van der Waals surface area contributed by atoms with Crippen molar-refractivity contribution in [2.24, 2.45) is 0 Å². The van der Waals surface area contributed by atoms with Gasteiger partial charge in [-0.15, -0.1) is 34.0 Å². The van der Waals surface area contributed by atoms with Gasteiger partial charge in [0, 0.05) is 154 Å². The Bertz CT molecular complexity index is 10200. The van der Waals surface area contributed by atoms with Crippen LogP contribution in [0.1, 0.15) is 0 Å². The molecule has 18 nitrogen and oxygen atoms in total. The van der Waals surface area contributed by atoms with Crippen molar-refractivity contribution in [1.82, 2.24) is 74.8 Å². The summed E-state index contributed by atoms with van der Waals surface area (Å²) >= 11 is 5.30. The Morgan fingerprint density at radius 1 is 0.170 bits per heavy atom. The van der Waals surface area contributed by atoms with E-state index in [1.54, 1.807) is 34.0 Å². The third-order valence-corrected chi connectivity index (χ3v) is 29.5. The van der Waals surface area contributed by atoms with E-state index >= 15 is 0 Å². The lowest BCUT2D eigenvalue weighted by atomic mass is 10.0. The number of rotatable bonds is 12. The molecule has 21 heteroatoms. The van der Waals surface area contributed by atoms with Gasteiger partial charge in [-0.25, -0.2) is 59.8 Å². The third kappa shape index (κ3) is 14.0. The van der Waals surface area contributed by atoms with Crippen LogP contribution in [0.5, 0.6) is 0 Å². The van der Waals surface area contributed by atoms with Gasteiger partial charge in [-0.1, -0.05) is 273 Å². The zero-order valence-corrected chi connectivity index (χ0v) is 76.9. The topological polar surface area (TPSA) is 241 Å². The van der Waals surface area contributed by atoms with Crippen LogP contribution in [-0.4, -0.2) is 74.8 Å². The monoisotopic (exact) mass is 1860 g/mol. The van der Waals surface area contributed by atoms with E-state index in [0.29, 0.717) is 52.4 Å². The molecule has 30 aromatic rings. The Labute approximate surface area is 812 Å². The molecule has 0 aliphatic rings. The highest BCUT2D eigenvalue weighted by molar-refractivity contribution is 7.27. The van der Waals surface area contributed by atoms with E-state index in [-0.39, 0.29) is 0 Å². The van der Waals surface area contributed by atoms with Gasteiger partial charge in [0.2, 0.25) is 0 Å². The number of hydrogen-bond donors (Lipinski definition) is 3. The molecule has 0 saturated carbocycles. The van der Waals surface area contributed by atoms with Crippen LogP contribution in [0.25, 0.3) is 296 Å². The fraction of sp³-hybridized carbons (Fsp3) is 0. The Balaban J connectivity index is 0.000000104. The molecule has 12 heterocycles. The minimum absolute atomic E-state index is 0.563. The summed E-state index contributed by atoms with van der Waals surface area (Å²) in [5.74, 6) is 7.96. The lowest BCUT2D eigenvalue weighted by Gasteiger charge is -2.10. The number of fused-ring (bicyclic) bond motifs is 21. The van der Waals surface area contributed by atoms with Crippen LogP contribution in [0.15, 0.2) is 414 Å². The van der Waals surface area contributed by atoms with E-state index in [4.69, 9.17) is 73.1 Å². The second-order valence-corrected chi connectivity index (χ2v) is 37.9. The molecule has 141 heavy (non-hydrogen) atoms. The summed E-state index contributed by atoms with van der Waals surface area (Å²) in [5.41, 5.74) is 22.1. The van der Waals surface area contributed by atoms with Crippen LogP contribution in [0, 0.1) is 0 Å². The van der Waals surface area contributed by atoms with Gasteiger partial charge < -0.3 is 28.2 Å². The van der Waals surface area contributed by atoms with Crippen molar-refractivity contribution in [3.05, 3.63) is 400 Å². The Morgan fingerprint density at radius 3 is 0.865 bits per heavy atom. The zero-order chi connectivity index (χ0) is 92.7. The SMILES string of the molecule is c1ccc(-c2nc(-c3ccc4c(c3)oc3ccccc34)nc(-c3cccc4sc5cccc(-c6nc7ccccc7[nH]6)c5c34)n2)cc1.c1ccc(-c2nc(-c3ccc4oc5ccccc5c4c3)nc(-c3cccc4sc5cccc(-c6nc7ccccc7[nH]6)c5c34)n2)cc1.c1ccc(-c2nc(-c3cccc4c3oc3ccccc34)nc(-c3cccc4sc5cccc(-c6nc7ccccc7[nH]6)c5c34)n2)cc1. The Morgan fingerprint density at radius 2 is 0.447 bits per heavy atom. The molecule has 660 valence electrons. The van der Waals surface area contributed by atoms with Gasteiger partial charge in [-0.3, -0.25) is 0 Å². The lowest BCUT2D eigenvalue weighted by molar-refractivity contribution is 0.668. The number of aromatic amines is 3. The lowest BCUT2D eigenvalue weighted by Crippen LogP contribution is -2.00. The van der Waals surface area contributed by atoms with Crippen molar-refractivity contribution >= 4 is 193 Å². The minimum atomic E-state index is 0.563. The van der Waals surface area contributed by atoms with Crippen molar-refractivity contribution in [3.63, 3.8) is 0 Å². The molecule has 30 rings (SSSR count). The number of thiophene rings is 3. The maximum atomic E-state index is 6.43. The van der Waals surface area contributed by atoms with E-state index in [2.05, 4.69) is 185 Å². The van der Waals surface area contributed by atoms with Gasteiger partial charge >= 0.3 is 0 Å². The van der Waals surface area contributed by atoms with Crippen LogP contribution in [0.4, 0.5) is 0 Å². The second-order valence-electron chi connectivity index (χ2n) is 34.6. The number of H-pyrrole nitrogens is 3. The smallest absolute Gasteiger partial charge is 0.167 e. The number of para-hydroxylation sites is 10. The molecule has 0 saturated heterocycles. The maximum Gasteiger partial charge on any atom is 0.167 e. The number of nitrogens with zero attached hydrogens (tertiary/aromatic N) is 12. The van der Waals surface area contributed by atoms with Gasteiger partial charge in [-0.2, -0.15) is 0 Å². The first kappa shape index (κ1) is 80.9. The molecule has 0 aliphatic heterocycles. The van der Waals surface area contributed by atoms with Gasteiger partial charge in [-0.05, 0) is 127 Å². The summed E-state index contributed by atoms with van der Waals surface area (Å²) < 4.78 is 25.8. The molecule has 0 fully saturated rings. The van der Waals surface area contributed by atoms with Crippen LogP contribution in [0.2, 0.25) is 0 Å². The quantitative estimate of drug-likeness (QED) is 0.103. The first-order valence-electron chi connectivity index (χ1n) is 46.2. The first-order chi connectivity index (χ1) is 69.8. The average molecular weight is 1870 g/mol. The summed E-state index contributed by atoms with van der Waals surface area (Å²) in [6, 6.07) is 136. The number of nitrogens with one attached hydrogen (secondary N) is 3. The summed E-state index contributed by atoms with van der Waals surface area (Å²) in [4.78, 5) is 71.5. The summed E-state index contributed by atoms with van der Waals surface area (Å²) in [6.45, 7) is 0. The predicted molar refractivity (Wildman–Crippen MR) is 574 cm³/mol. The second kappa shape index (κ2) is 33.2. The van der Waals surface area contributed by atoms with E-state index in [0.717, 1.165) is 230 Å². The highest BCUT2D eigenvalue weighted by Gasteiger charge is 2.28. The summed E-state index contributed by atoms with van der Waals surface area (Å²) in [7, 11) is 0. The van der Waals surface area contributed by atoms with Crippen molar-refractivity contribution in [2.45, 2.75) is 0 Å². The molecular formula is C120H69N15O3S3. The van der Waals surface area contributed by atoms with Gasteiger partial charge in [0.15, 0.2) is 52.4 Å². The molecule has 0 aliphatic carbocycles. The van der Waals surface area contributed by atoms with Crippen molar-refractivity contribution < 1.29 is 13.3 Å². The van der Waals surface area contributed by atoms with Crippen LogP contribution in [-0.2, 0) is 0 Å². The molecule has 0 bridgehead atoms. The number of benzene rings is 18. The fourth-order valence-electron chi connectivity index (χ4n) is 19.7. The molecule has 0 atom stereocenters. The number of hydrogen-bond acceptors (Lipinski definition) is 18. The van der Waals surface area contributed by atoms with Crippen LogP contribution in [0.3, 0.4) is 0 Å². The summed E-state index contributed by atoms with van der Waals surface area (Å²) in [6.07, 6.45) is 0. The first-order valence-corrected chi connectivity index (χ1v) is 48.6. The molecule has 12 aromatic heterocycles. The van der Waals surface area contributed by atoms with Crippen LogP contribution < -0.4 is 0 Å². The van der Waals surface area contributed by atoms with Crippen molar-refractivity contribution in [2.75, 3.05) is 0 Å². The number of imidazole rings is 3. The maximum absolute atomic E-state index is 6.43. The molecular weight excluding hydrogens is 1800 g/mol. The van der Waals surface area contributed by atoms with Crippen LogP contribution >= 0.6 is 34.0 Å². The fourth-order valence-corrected chi connectivity index (χ4v) is 23.1. The Hall–Kier alpha value is -18.5. The van der Waals surface area contributed by atoms with E-state index < -0.39 is 0 Å². The standard InChI is InChI=1S/3C40H23N5OS/c1-2-11-23(12-3-1)37-43-39(45-40(44-37)28-17-8-14-25-24-13-4-7-20-31(24)46-36(25)28)27-16-10-22-33-35(27)34-26(15-9-21-32(34)47-33)38-41-29-18-5-6-19-30(29)42-38;1-2-10-23(11-3-1)37-43-38(24-20-21-26-25-12-4-7-17-31(25)46-32(26)22-24)45-40(44-37)28-14-9-19-34-36(28)35-27(13-8-18-33(35)47-34)39-41-29-15-5-6-16-30(29)42-39;1-2-10-23(11-3-1)37-43-38(24-20-21-32-28(22-24)25-12-4-7-17-31(25)46-32)45-40(44-37)27-14-9-19-34-36(27)35-26(13-8-18-33(35)47-34)39-41-29-15-5-6-16-30(29)42-39/h3*1-22H,(H,41,42). The molecule has 3 N–H and O–H groups in total.